The van der Waals surface area contributed by atoms with Crippen LogP contribution in [0, 0.1) is 11.3 Å². The molecule has 1 saturated carbocycles. The second kappa shape index (κ2) is 7.13. The van der Waals surface area contributed by atoms with Crippen LogP contribution in [0.4, 0.5) is 0 Å². The van der Waals surface area contributed by atoms with E-state index in [-0.39, 0.29) is 18.0 Å². The summed E-state index contributed by atoms with van der Waals surface area (Å²) in [6.07, 6.45) is 5.89. The van der Waals surface area contributed by atoms with Crippen molar-refractivity contribution in [1.29, 1.82) is 0 Å². The minimum Gasteiger partial charge on any atom is -0.391 e. The lowest BCUT2D eigenvalue weighted by atomic mass is 9.74. The van der Waals surface area contributed by atoms with Gasteiger partial charge in [-0.2, -0.15) is 0 Å². The van der Waals surface area contributed by atoms with E-state index in [1.807, 2.05) is 49.1 Å². The number of hydrogen-bond acceptors (Lipinski definition) is 2. The normalized spacial score (nSPS) is 29.4. The summed E-state index contributed by atoms with van der Waals surface area (Å²) in [6, 6.07) is 7.67. The largest absolute Gasteiger partial charge is 0.391 e. The number of aliphatic hydroxyl groups excluding tert-OH is 1. The van der Waals surface area contributed by atoms with Crippen molar-refractivity contribution < 1.29 is 9.90 Å². The Labute approximate surface area is 155 Å². The van der Waals surface area contributed by atoms with Gasteiger partial charge in [-0.05, 0) is 62.6 Å². The fourth-order valence-electron chi connectivity index (χ4n) is 4.31. The van der Waals surface area contributed by atoms with Gasteiger partial charge in [0.15, 0.2) is 0 Å². The summed E-state index contributed by atoms with van der Waals surface area (Å²) in [5.74, 6) is 0.557. The van der Waals surface area contributed by atoms with Crippen molar-refractivity contribution in [2.24, 2.45) is 11.3 Å². The second-order valence-electron chi connectivity index (χ2n) is 7.94. The molecule has 2 aliphatic rings. The van der Waals surface area contributed by atoms with Crippen molar-refractivity contribution in [3.05, 3.63) is 47.5 Å². The molecule has 0 radical (unpaired) electrons. The molecule has 3 rings (SSSR count). The van der Waals surface area contributed by atoms with Gasteiger partial charge in [0.2, 0.25) is 5.91 Å². The summed E-state index contributed by atoms with van der Waals surface area (Å²) >= 11 is 6.04. The molecule has 3 unspecified atom stereocenters. The van der Waals surface area contributed by atoms with E-state index in [9.17, 15) is 9.90 Å². The lowest BCUT2D eigenvalue weighted by Gasteiger charge is -2.49. The van der Waals surface area contributed by atoms with Crippen LogP contribution in [-0.4, -0.2) is 28.1 Å². The third kappa shape index (κ3) is 3.63. The molecule has 3 nitrogen and oxygen atoms in total. The van der Waals surface area contributed by atoms with Crippen LogP contribution in [0.5, 0.6) is 0 Å². The van der Waals surface area contributed by atoms with Crippen molar-refractivity contribution in [1.82, 2.24) is 4.90 Å². The quantitative estimate of drug-likeness (QED) is 0.743. The summed E-state index contributed by atoms with van der Waals surface area (Å²) in [5.41, 5.74) is 0.678. The van der Waals surface area contributed by atoms with Crippen LogP contribution in [0.25, 0.3) is 0 Å². The van der Waals surface area contributed by atoms with Crippen molar-refractivity contribution >= 4 is 17.5 Å². The Morgan fingerprint density at radius 1 is 1.36 bits per heavy atom. The van der Waals surface area contributed by atoms with Gasteiger partial charge in [0.1, 0.15) is 0 Å². The van der Waals surface area contributed by atoms with Crippen LogP contribution in [0.15, 0.2) is 36.9 Å². The Balaban J connectivity index is 2.00. The summed E-state index contributed by atoms with van der Waals surface area (Å²) in [5, 5.41) is 11.2. The zero-order valence-corrected chi connectivity index (χ0v) is 15.9. The topological polar surface area (TPSA) is 40.5 Å². The van der Waals surface area contributed by atoms with E-state index in [0.29, 0.717) is 17.4 Å². The number of amides is 1. The highest BCUT2D eigenvalue weighted by Gasteiger charge is 2.50. The summed E-state index contributed by atoms with van der Waals surface area (Å²) in [4.78, 5) is 15.5. The van der Waals surface area contributed by atoms with Crippen molar-refractivity contribution in [3.8, 4) is 0 Å². The number of aliphatic hydroxyl groups is 1. The molecule has 1 aliphatic heterocycles. The fraction of sp³-hybridized carbons (Fsp3) is 0.571. The molecule has 0 spiro atoms. The first kappa shape index (κ1) is 18.5. The van der Waals surface area contributed by atoms with Gasteiger partial charge >= 0.3 is 0 Å². The predicted molar refractivity (Wildman–Crippen MR) is 101 cm³/mol. The molecular formula is C21H28ClNO2. The molecule has 1 aliphatic carbocycles. The Morgan fingerprint density at radius 2 is 2.00 bits per heavy atom. The maximum atomic E-state index is 13.5. The molecule has 1 amide bonds. The molecule has 1 aromatic carbocycles. The van der Waals surface area contributed by atoms with Gasteiger partial charge in [-0.3, -0.25) is 4.79 Å². The number of halogens is 1. The van der Waals surface area contributed by atoms with Crippen molar-refractivity contribution in [2.75, 3.05) is 0 Å². The third-order valence-corrected chi connectivity index (χ3v) is 6.08. The summed E-state index contributed by atoms with van der Waals surface area (Å²) in [6.45, 7) is 7.69. The molecule has 0 aromatic heterocycles. The van der Waals surface area contributed by atoms with Gasteiger partial charge in [0.25, 0.3) is 0 Å². The number of likely N-dealkylation sites (tertiary alicyclic amines) is 1. The number of nitrogens with zero attached hydrogens (tertiary/aromatic N) is 1. The van der Waals surface area contributed by atoms with Gasteiger partial charge in [-0.25, -0.2) is 0 Å². The summed E-state index contributed by atoms with van der Waals surface area (Å²) in [7, 11) is 0. The summed E-state index contributed by atoms with van der Waals surface area (Å²) < 4.78 is 0. The van der Waals surface area contributed by atoms with E-state index in [1.54, 1.807) is 0 Å². The molecule has 0 bridgehead atoms. The van der Waals surface area contributed by atoms with E-state index in [0.717, 1.165) is 31.2 Å². The smallest absolute Gasteiger partial charge is 0.229 e. The van der Waals surface area contributed by atoms with Gasteiger partial charge in [0, 0.05) is 5.02 Å². The van der Waals surface area contributed by atoms with Crippen molar-refractivity contribution in [2.45, 2.75) is 64.1 Å². The minimum absolute atomic E-state index is 0.00265. The van der Waals surface area contributed by atoms with E-state index < -0.39 is 11.5 Å². The number of piperidine rings is 1. The van der Waals surface area contributed by atoms with E-state index >= 15 is 0 Å². The Morgan fingerprint density at radius 3 is 2.52 bits per heavy atom. The lowest BCUT2D eigenvalue weighted by molar-refractivity contribution is -0.157. The Kier molecular flexibility index (Phi) is 5.26. The van der Waals surface area contributed by atoms with E-state index in [1.165, 1.54) is 0 Å². The zero-order valence-electron chi connectivity index (χ0n) is 15.1. The molecule has 136 valence electrons. The van der Waals surface area contributed by atoms with E-state index in [4.69, 9.17) is 11.6 Å². The van der Waals surface area contributed by atoms with Crippen molar-refractivity contribution in [3.63, 3.8) is 0 Å². The van der Waals surface area contributed by atoms with E-state index in [2.05, 4.69) is 6.58 Å². The molecule has 4 atom stereocenters. The molecular weight excluding hydrogens is 334 g/mol. The molecule has 4 heteroatoms. The lowest BCUT2D eigenvalue weighted by Crippen LogP contribution is -2.56. The highest BCUT2D eigenvalue weighted by Crippen LogP contribution is 2.48. The van der Waals surface area contributed by atoms with Crippen LogP contribution in [-0.2, 0) is 4.79 Å². The molecule has 25 heavy (non-hydrogen) atoms. The Bertz CT molecular complexity index is 636. The van der Waals surface area contributed by atoms with Crippen LogP contribution >= 0.6 is 11.6 Å². The first-order chi connectivity index (χ1) is 11.9. The standard InChI is InChI=1S/C21H28ClNO2/c1-4-12-21(3)13-11-18(15-7-9-17(22)10-8-15)23(20(21)25)19(14(2)24)16-5-6-16/h4,7-10,14,16,18-19,24H,1,5-6,11-13H2,2-3H3/t14?,18?,19?,21-/m0/s1. The van der Waals surface area contributed by atoms with Crippen LogP contribution in [0.1, 0.15) is 57.6 Å². The van der Waals surface area contributed by atoms with Gasteiger partial charge in [0.05, 0.1) is 23.6 Å². The Hall–Kier alpha value is -1.32. The van der Waals surface area contributed by atoms with Gasteiger partial charge < -0.3 is 10.0 Å². The van der Waals surface area contributed by atoms with Gasteiger partial charge in [-0.15, -0.1) is 6.58 Å². The molecule has 1 N–H and O–H groups in total. The molecule has 2 fully saturated rings. The predicted octanol–water partition coefficient (Wildman–Crippen LogP) is 4.75. The van der Waals surface area contributed by atoms with Crippen LogP contribution in [0.3, 0.4) is 0 Å². The highest BCUT2D eigenvalue weighted by atomic mass is 35.5. The third-order valence-electron chi connectivity index (χ3n) is 5.83. The van der Waals surface area contributed by atoms with Crippen LogP contribution < -0.4 is 0 Å². The SMILES string of the molecule is C=CC[C@@]1(C)CCC(c2ccc(Cl)cc2)N(C(C(C)O)C2CC2)C1=O. The zero-order chi connectivity index (χ0) is 18.2. The number of rotatable bonds is 6. The number of benzene rings is 1. The van der Waals surface area contributed by atoms with Gasteiger partial charge in [-0.1, -0.05) is 36.7 Å². The highest BCUT2D eigenvalue weighted by molar-refractivity contribution is 6.30. The second-order valence-corrected chi connectivity index (χ2v) is 8.38. The number of allylic oxidation sites excluding steroid dienone is 1. The molecule has 1 aromatic rings. The average Bonchev–Trinajstić information content (AvgIpc) is 3.38. The van der Waals surface area contributed by atoms with Crippen LogP contribution in [0.2, 0.25) is 5.02 Å². The number of carbonyl (C=O) groups is 1. The minimum atomic E-state index is -0.530. The first-order valence-electron chi connectivity index (χ1n) is 9.24. The number of hydrogen-bond donors (Lipinski definition) is 1. The monoisotopic (exact) mass is 361 g/mol. The maximum Gasteiger partial charge on any atom is 0.229 e. The fourth-order valence-corrected chi connectivity index (χ4v) is 4.43. The first-order valence-corrected chi connectivity index (χ1v) is 9.62. The maximum absolute atomic E-state index is 13.5. The molecule has 1 saturated heterocycles. The number of carbonyl (C=O) groups excluding carboxylic acids is 1. The average molecular weight is 362 g/mol. The molecule has 1 heterocycles.